The second-order valence-electron chi connectivity index (χ2n) is 6.92. The first-order valence-electron chi connectivity index (χ1n) is 9.51. The molecule has 0 saturated heterocycles. The SMILES string of the molecule is CC(c1cnn(-c2ccccc2F)c1)n1nc(-c2cccc(C#N)n2)c2cncnc21. The molecule has 0 aliphatic rings. The van der Waals surface area contributed by atoms with Crippen molar-refractivity contribution >= 4 is 11.0 Å². The van der Waals surface area contributed by atoms with Gasteiger partial charge in [0.05, 0.1) is 23.3 Å². The van der Waals surface area contributed by atoms with Gasteiger partial charge in [-0.3, -0.25) is 0 Å². The van der Waals surface area contributed by atoms with E-state index in [0.29, 0.717) is 28.4 Å². The van der Waals surface area contributed by atoms with Crippen LogP contribution in [0.4, 0.5) is 4.39 Å². The van der Waals surface area contributed by atoms with Gasteiger partial charge in [-0.1, -0.05) is 18.2 Å². The summed E-state index contributed by atoms with van der Waals surface area (Å²) in [6.07, 6.45) is 6.59. The minimum Gasteiger partial charge on any atom is -0.244 e. The van der Waals surface area contributed by atoms with Gasteiger partial charge in [-0.25, -0.2) is 28.7 Å². The van der Waals surface area contributed by atoms with Crippen LogP contribution < -0.4 is 0 Å². The van der Waals surface area contributed by atoms with Gasteiger partial charge in [-0.2, -0.15) is 15.5 Å². The van der Waals surface area contributed by atoms with Crippen molar-refractivity contribution in [2.75, 3.05) is 0 Å². The Morgan fingerprint density at radius 2 is 1.97 bits per heavy atom. The largest absolute Gasteiger partial charge is 0.244 e. The number of hydrogen-bond acceptors (Lipinski definition) is 6. The zero-order chi connectivity index (χ0) is 21.4. The number of nitriles is 1. The number of rotatable bonds is 4. The van der Waals surface area contributed by atoms with Crippen LogP contribution in [0, 0.1) is 17.1 Å². The van der Waals surface area contributed by atoms with Crippen molar-refractivity contribution in [3.8, 4) is 23.1 Å². The van der Waals surface area contributed by atoms with Gasteiger partial charge in [-0.15, -0.1) is 0 Å². The molecule has 1 unspecified atom stereocenters. The molecule has 0 spiro atoms. The topological polar surface area (TPSA) is 98.1 Å². The van der Waals surface area contributed by atoms with Crippen molar-refractivity contribution in [3.63, 3.8) is 0 Å². The molecule has 5 aromatic rings. The third kappa shape index (κ3) is 3.20. The van der Waals surface area contributed by atoms with Crippen LogP contribution in [0.5, 0.6) is 0 Å². The summed E-state index contributed by atoms with van der Waals surface area (Å²) in [5, 5.41) is 19.0. The Bertz CT molecular complexity index is 1450. The van der Waals surface area contributed by atoms with E-state index in [1.165, 1.54) is 17.1 Å². The van der Waals surface area contributed by atoms with E-state index < -0.39 is 0 Å². The van der Waals surface area contributed by atoms with Crippen LogP contribution in [-0.4, -0.2) is 34.5 Å². The van der Waals surface area contributed by atoms with Gasteiger partial charge >= 0.3 is 0 Å². The molecule has 150 valence electrons. The average molecular weight is 410 g/mol. The first-order chi connectivity index (χ1) is 15.2. The molecule has 9 heteroatoms. The predicted octanol–water partition coefficient (Wildman–Crippen LogP) is 3.69. The van der Waals surface area contributed by atoms with E-state index in [4.69, 9.17) is 5.10 Å². The lowest BCUT2D eigenvalue weighted by molar-refractivity contribution is 0.579. The van der Waals surface area contributed by atoms with E-state index >= 15 is 0 Å². The lowest BCUT2D eigenvalue weighted by atomic mass is 10.2. The van der Waals surface area contributed by atoms with E-state index in [1.54, 1.807) is 59.7 Å². The second-order valence-corrected chi connectivity index (χ2v) is 6.92. The van der Waals surface area contributed by atoms with E-state index in [9.17, 15) is 9.65 Å². The van der Waals surface area contributed by atoms with E-state index in [1.807, 2.05) is 13.0 Å². The van der Waals surface area contributed by atoms with Crippen molar-refractivity contribution < 1.29 is 4.39 Å². The molecule has 0 radical (unpaired) electrons. The first kappa shape index (κ1) is 18.6. The standard InChI is InChI=1S/C22H15FN8/c1-14(15-10-27-30(12-15)20-8-3-2-6-18(20)23)31-22-17(11-25-13-26-22)21(29-31)19-7-4-5-16(9-24)28-19/h2-8,10-14H,1H3. The summed E-state index contributed by atoms with van der Waals surface area (Å²) in [7, 11) is 0. The number of pyridine rings is 1. The van der Waals surface area contributed by atoms with Gasteiger partial charge in [0.1, 0.15) is 35.3 Å². The Morgan fingerprint density at radius 3 is 2.81 bits per heavy atom. The normalized spacial score (nSPS) is 12.0. The fraction of sp³-hybridized carbons (Fsp3) is 0.0909. The zero-order valence-electron chi connectivity index (χ0n) is 16.4. The summed E-state index contributed by atoms with van der Waals surface area (Å²) in [5.41, 5.74) is 3.27. The number of fused-ring (bicyclic) bond motifs is 1. The molecule has 0 amide bonds. The number of nitrogens with zero attached hydrogens (tertiary/aromatic N) is 8. The summed E-state index contributed by atoms with van der Waals surface area (Å²) in [4.78, 5) is 12.9. The molecule has 1 aromatic carbocycles. The van der Waals surface area contributed by atoms with Crippen LogP contribution in [0.25, 0.3) is 28.1 Å². The smallest absolute Gasteiger partial charge is 0.162 e. The Hall–Kier alpha value is -4.45. The number of aromatic nitrogens is 7. The van der Waals surface area contributed by atoms with Gasteiger partial charge in [0.15, 0.2) is 5.65 Å². The molecule has 4 heterocycles. The summed E-state index contributed by atoms with van der Waals surface area (Å²) in [5.74, 6) is -0.354. The van der Waals surface area contributed by atoms with Crippen molar-refractivity contribution in [1.29, 1.82) is 5.26 Å². The Balaban J connectivity index is 1.60. The van der Waals surface area contributed by atoms with E-state index in [0.717, 1.165) is 10.9 Å². The van der Waals surface area contributed by atoms with E-state index in [2.05, 4.69) is 20.1 Å². The lowest BCUT2D eigenvalue weighted by Crippen LogP contribution is -2.09. The van der Waals surface area contributed by atoms with E-state index in [-0.39, 0.29) is 11.9 Å². The first-order valence-corrected chi connectivity index (χ1v) is 9.51. The minimum atomic E-state index is -0.354. The summed E-state index contributed by atoms with van der Waals surface area (Å²) in [6.45, 7) is 1.96. The van der Waals surface area contributed by atoms with Gasteiger partial charge < -0.3 is 0 Å². The quantitative estimate of drug-likeness (QED) is 0.448. The molecule has 8 nitrogen and oxygen atoms in total. The third-order valence-electron chi connectivity index (χ3n) is 5.03. The zero-order valence-corrected chi connectivity index (χ0v) is 16.4. The fourth-order valence-corrected chi connectivity index (χ4v) is 3.43. The highest BCUT2D eigenvalue weighted by molar-refractivity contribution is 5.89. The maximum absolute atomic E-state index is 14.1. The molecular weight excluding hydrogens is 395 g/mol. The Morgan fingerprint density at radius 1 is 1.10 bits per heavy atom. The summed E-state index contributed by atoms with van der Waals surface area (Å²) < 4.78 is 17.4. The lowest BCUT2D eigenvalue weighted by Gasteiger charge is -2.10. The Labute approximate surface area is 176 Å². The highest BCUT2D eigenvalue weighted by atomic mass is 19.1. The number of benzene rings is 1. The minimum absolute atomic E-state index is 0.245. The molecule has 4 aromatic heterocycles. The van der Waals surface area contributed by atoms with Gasteiger partial charge in [0, 0.05) is 18.0 Å². The predicted molar refractivity (Wildman–Crippen MR) is 111 cm³/mol. The van der Waals surface area contributed by atoms with Crippen LogP contribution >= 0.6 is 0 Å². The van der Waals surface area contributed by atoms with Crippen molar-refractivity contribution in [3.05, 3.63) is 84.5 Å². The van der Waals surface area contributed by atoms with Gasteiger partial charge in [0.2, 0.25) is 0 Å². The molecular formula is C22H15FN8. The molecule has 1 atom stereocenters. The van der Waals surface area contributed by atoms with Gasteiger partial charge in [0.25, 0.3) is 0 Å². The number of halogens is 1. The maximum atomic E-state index is 14.1. The molecule has 5 rings (SSSR count). The molecule has 0 aliphatic heterocycles. The average Bonchev–Trinajstić information content (AvgIpc) is 3.45. The van der Waals surface area contributed by atoms with Crippen molar-refractivity contribution in [2.24, 2.45) is 0 Å². The maximum Gasteiger partial charge on any atom is 0.162 e. The van der Waals surface area contributed by atoms with Crippen molar-refractivity contribution in [1.82, 2.24) is 34.5 Å². The molecule has 0 N–H and O–H groups in total. The highest BCUT2D eigenvalue weighted by Crippen LogP contribution is 2.29. The molecule has 0 fully saturated rings. The third-order valence-corrected chi connectivity index (χ3v) is 5.03. The van der Waals surface area contributed by atoms with Crippen LogP contribution in [0.2, 0.25) is 0 Å². The van der Waals surface area contributed by atoms with Crippen LogP contribution in [-0.2, 0) is 0 Å². The monoisotopic (exact) mass is 410 g/mol. The molecule has 0 saturated carbocycles. The molecule has 31 heavy (non-hydrogen) atoms. The van der Waals surface area contributed by atoms with Crippen LogP contribution in [0.15, 0.2) is 67.4 Å². The number of hydrogen-bond donors (Lipinski definition) is 0. The summed E-state index contributed by atoms with van der Waals surface area (Å²) in [6, 6.07) is 13.5. The molecule has 0 bridgehead atoms. The number of para-hydroxylation sites is 1. The fourth-order valence-electron chi connectivity index (χ4n) is 3.43. The van der Waals surface area contributed by atoms with Crippen LogP contribution in [0.3, 0.4) is 0 Å². The Kier molecular flexibility index (Phi) is 4.45. The highest BCUT2D eigenvalue weighted by Gasteiger charge is 2.21. The van der Waals surface area contributed by atoms with Crippen LogP contribution in [0.1, 0.15) is 24.2 Å². The molecule has 0 aliphatic carbocycles. The van der Waals surface area contributed by atoms with Crippen molar-refractivity contribution in [2.45, 2.75) is 13.0 Å². The van der Waals surface area contributed by atoms with Gasteiger partial charge in [-0.05, 0) is 31.2 Å². The summed E-state index contributed by atoms with van der Waals surface area (Å²) >= 11 is 0. The second kappa shape index (κ2) is 7.42.